The van der Waals surface area contributed by atoms with Gasteiger partial charge in [-0.3, -0.25) is 14.9 Å². The van der Waals surface area contributed by atoms with Crippen molar-refractivity contribution < 1.29 is 9.72 Å². The number of thioether (sulfide) groups is 1. The van der Waals surface area contributed by atoms with Crippen LogP contribution in [0.2, 0.25) is 0 Å². The molecule has 0 aliphatic carbocycles. The van der Waals surface area contributed by atoms with Crippen LogP contribution in [0.1, 0.15) is 42.9 Å². The summed E-state index contributed by atoms with van der Waals surface area (Å²) in [6, 6.07) is 5.63. The van der Waals surface area contributed by atoms with Crippen LogP contribution in [0.15, 0.2) is 29.4 Å². The Morgan fingerprint density at radius 1 is 1.30 bits per heavy atom. The zero-order valence-corrected chi connectivity index (χ0v) is 14.0. The molecule has 0 amide bonds. The second kappa shape index (κ2) is 7.36. The molecule has 1 aromatic heterocycles. The molecule has 0 atom stereocenters. The molecule has 0 saturated carbocycles. The van der Waals surface area contributed by atoms with Gasteiger partial charge in [-0.25, -0.2) is 0 Å². The molecular weight excluding hydrogens is 316 g/mol. The number of hydrogen-bond donors (Lipinski definition) is 0. The van der Waals surface area contributed by atoms with E-state index in [1.54, 1.807) is 0 Å². The summed E-state index contributed by atoms with van der Waals surface area (Å²) in [6.07, 6.45) is 0. The SMILES string of the molecule is CCn1c(SCC(=O)c2ccc([N+](=O)[O-])cc2)nnc1C(C)C. The summed E-state index contributed by atoms with van der Waals surface area (Å²) < 4.78 is 2.00. The quantitative estimate of drug-likeness (QED) is 0.334. The molecule has 1 heterocycles. The van der Waals surface area contributed by atoms with Gasteiger partial charge in [0.1, 0.15) is 5.82 Å². The van der Waals surface area contributed by atoms with Crippen molar-refractivity contribution in [3.63, 3.8) is 0 Å². The lowest BCUT2D eigenvalue weighted by molar-refractivity contribution is -0.384. The van der Waals surface area contributed by atoms with Crippen LogP contribution in [0.4, 0.5) is 5.69 Å². The number of rotatable bonds is 7. The summed E-state index contributed by atoms with van der Waals surface area (Å²) in [6.45, 7) is 6.85. The van der Waals surface area contributed by atoms with Gasteiger partial charge in [0.05, 0.1) is 10.7 Å². The molecule has 0 bridgehead atoms. The van der Waals surface area contributed by atoms with Crippen LogP contribution in [0.25, 0.3) is 0 Å². The molecule has 0 aliphatic heterocycles. The first-order valence-corrected chi connectivity index (χ1v) is 8.26. The van der Waals surface area contributed by atoms with Crippen LogP contribution in [-0.2, 0) is 6.54 Å². The minimum atomic E-state index is -0.486. The van der Waals surface area contributed by atoms with Crippen molar-refractivity contribution in [3.8, 4) is 0 Å². The Bertz CT molecular complexity index is 710. The topological polar surface area (TPSA) is 90.9 Å². The molecule has 2 aromatic rings. The fourth-order valence-electron chi connectivity index (χ4n) is 2.11. The van der Waals surface area contributed by atoms with Crippen LogP contribution in [0, 0.1) is 10.1 Å². The summed E-state index contributed by atoms with van der Waals surface area (Å²) >= 11 is 1.33. The molecule has 0 unspecified atom stereocenters. The zero-order chi connectivity index (χ0) is 17.0. The summed E-state index contributed by atoms with van der Waals surface area (Å²) in [4.78, 5) is 22.3. The second-order valence-corrected chi connectivity index (χ2v) is 6.20. The number of ketones is 1. The molecule has 0 saturated heterocycles. The van der Waals surface area contributed by atoms with Crippen LogP contribution in [0.5, 0.6) is 0 Å². The fraction of sp³-hybridized carbons (Fsp3) is 0.400. The van der Waals surface area contributed by atoms with Gasteiger partial charge in [0.15, 0.2) is 10.9 Å². The Balaban J connectivity index is 2.06. The van der Waals surface area contributed by atoms with E-state index in [4.69, 9.17) is 0 Å². The van der Waals surface area contributed by atoms with Gasteiger partial charge in [0.25, 0.3) is 5.69 Å². The van der Waals surface area contributed by atoms with Crippen LogP contribution in [0.3, 0.4) is 0 Å². The third kappa shape index (κ3) is 3.95. The highest BCUT2D eigenvalue weighted by Gasteiger charge is 2.16. The largest absolute Gasteiger partial charge is 0.306 e. The van der Waals surface area contributed by atoms with Gasteiger partial charge < -0.3 is 4.57 Å². The van der Waals surface area contributed by atoms with E-state index in [2.05, 4.69) is 10.2 Å². The number of carbonyl (C=O) groups excluding carboxylic acids is 1. The first-order valence-electron chi connectivity index (χ1n) is 7.27. The molecule has 0 fully saturated rings. The van der Waals surface area contributed by atoms with Crippen molar-refractivity contribution >= 4 is 23.2 Å². The average molecular weight is 334 g/mol. The van der Waals surface area contributed by atoms with Crippen molar-refractivity contribution in [2.75, 3.05) is 5.75 Å². The van der Waals surface area contributed by atoms with Gasteiger partial charge in [-0.05, 0) is 19.1 Å². The molecule has 122 valence electrons. The van der Waals surface area contributed by atoms with Crippen molar-refractivity contribution in [1.82, 2.24) is 14.8 Å². The van der Waals surface area contributed by atoms with Gasteiger partial charge in [0.2, 0.25) is 0 Å². The summed E-state index contributed by atoms with van der Waals surface area (Å²) in [5, 5.41) is 19.7. The minimum Gasteiger partial charge on any atom is -0.306 e. The molecule has 0 N–H and O–H groups in total. The van der Waals surface area contributed by atoms with Crippen molar-refractivity contribution in [2.24, 2.45) is 0 Å². The lowest BCUT2D eigenvalue weighted by Crippen LogP contribution is -2.07. The Morgan fingerprint density at radius 2 is 1.96 bits per heavy atom. The fourth-order valence-corrected chi connectivity index (χ4v) is 3.02. The van der Waals surface area contributed by atoms with E-state index in [0.29, 0.717) is 10.7 Å². The standard InChI is InChI=1S/C15H18N4O3S/c1-4-18-14(10(2)3)16-17-15(18)23-9-13(20)11-5-7-12(8-6-11)19(21)22/h5-8,10H,4,9H2,1-3H3. The van der Waals surface area contributed by atoms with Gasteiger partial charge >= 0.3 is 0 Å². The molecular formula is C15H18N4O3S. The number of carbonyl (C=O) groups is 1. The number of non-ortho nitro benzene ring substituents is 1. The number of nitro benzene ring substituents is 1. The third-order valence-corrected chi connectivity index (χ3v) is 4.28. The average Bonchev–Trinajstić information content (AvgIpc) is 2.95. The monoisotopic (exact) mass is 334 g/mol. The van der Waals surface area contributed by atoms with Crippen LogP contribution >= 0.6 is 11.8 Å². The van der Waals surface area contributed by atoms with Crippen molar-refractivity contribution in [1.29, 1.82) is 0 Å². The van der Waals surface area contributed by atoms with E-state index in [1.807, 2.05) is 25.3 Å². The molecule has 0 aliphatic rings. The van der Waals surface area contributed by atoms with E-state index < -0.39 is 4.92 Å². The second-order valence-electron chi connectivity index (χ2n) is 5.26. The van der Waals surface area contributed by atoms with Gasteiger partial charge in [-0.15, -0.1) is 10.2 Å². The minimum absolute atomic E-state index is 0.0264. The van der Waals surface area contributed by atoms with Crippen LogP contribution in [-0.4, -0.2) is 31.2 Å². The van der Waals surface area contributed by atoms with Crippen molar-refractivity contribution in [2.45, 2.75) is 38.4 Å². The van der Waals surface area contributed by atoms with Crippen molar-refractivity contribution in [3.05, 3.63) is 45.8 Å². The number of nitro groups is 1. The highest BCUT2D eigenvalue weighted by Crippen LogP contribution is 2.22. The van der Waals surface area contributed by atoms with Gasteiger partial charge in [-0.1, -0.05) is 25.6 Å². The van der Waals surface area contributed by atoms with Gasteiger partial charge in [-0.2, -0.15) is 0 Å². The van der Waals surface area contributed by atoms with E-state index in [0.717, 1.165) is 12.4 Å². The molecule has 0 spiro atoms. The first-order chi connectivity index (χ1) is 10.9. The predicted molar refractivity (Wildman–Crippen MR) is 87.9 cm³/mol. The molecule has 8 heteroatoms. The number of nitrogens with zero attached hydrogens (tertiary/aromatic N) is 4. The highest BCUT2D eigenvalue weighted by molar-refractivity contribution is 7.99. The van der Waals surface area contributed by atoms with Crippen LogP contribution < -0.4 is 0 Å². The number of hydrogen-bond acceptors (Lipinski definition) is 6. The zero-order valence-electron chi connectivity index (χ0n) is 13.2. The first kappa shape index (κ1) is 17.1. The maximum atomic E-state index is 12.2. The molecule has 2 rings (SSSR count). The van der Waals surface area contributed by atoms with E-state index in [-0.39, 0.29) is 23.1 Å². The molecule has 1 aromatic carbocycles. The maximum absolute atomic E-state index is 12.2. The number of aromatic nitrogens is 3. The van der Waals surface area contributed by atoms with E-state index in [1.165, 1.54) is 36.0 Å². The van der Waals surface area contributed by atoms with E-state index >= 15 is 0 Å². The molecule has 0 radical (unpaired) electrons. The van der Waals surface area contributed by atoms with E-state index in [9.17, 15) is 14.9 Å². The summed E-state index contributed by atoms with van der Waals surface area (Å²) in [5.41, 5.74) is 0.427. The molecule has 7 nitrogen and oxygen atoms in total. The maximum Gasteiger partial charge on any atom is 0.269 e. The highest BCUT2D eigenvalue weighted by atomic mass is 32.2. The Morgan fingerprint density at radius 3 is 2.48 bits per heavy atom. The number of Topliss-reactive ketones (excluding diaryl/α,β-unsaturated/α-hetero) is 1. The number of benzene rings is 1. The smallest absolute Gasteiger partial charge is 0.269 e. The van der Waals surface area contributed by atoms with Gasteiger partial charge in [0, 0.05) is 30.2 Å². The molecule has 23 heavy (non-hydrogen) atoms. The third-order valence-electron chi connectivity index (χ3n) is 3.31. The lowest BCUT2D eigenvalue weighted by Gasteiger charge is -2.08. The predicted octanol–water partition coefficient (Wildman–Crippen LogP) is 3.30. The Hall–Kier alpha value is -2.22. The Labute approximate surface area is 138 Å². The summed E-state index contributed by atoms with van der Waals surface area (Å²) in [5.74, 6) is 1.29. The lowest BCUT2D eigenvalue weighted by atomic mass is 10.1. The summed E-state index contributed by atoms with van der Waals surface area (Å²) in [7, 11) is 0. The normalized spacial score (nSPS) is 11.0. The Kier molecular flexibility index (Phi) is 5.49.